The van der Waals surface area contributed by atoms with Gasteiger partial charge in [0, 0.05) is 6.42 Å². The zero-order valence-corrected chi connectivity index (χ0v) is 14.2. The maximum Gasteiger partial charge on any atom is 0.303 e. The first kappa shape index (κ1) is 20.4. The largest absolute Gasteiger partial charge is 0.481 e. The third-order valence-electron chi connectivity index (χ3n) is 2.99. The first-order valence-electron chi connectivity index (χ1n) is 7.10. The number of sulfonamides is 1. The van der Waals surface area contributed by atoms with Crippen LogP contribution in [0.5, 0.6) is 5.75 Å². The van der Waals surface area contributed by atoms with E-state index in [0.717, 1.165) is 0 Å². The Kier molecular flexibility index (Phi) is 7.87. The number of carbonyl (C=O) groups is 2. The van der Waals surface area contributed by atoms with Crippen molar-refractivity contribution in [3.63, 3.8) is 0 Å². The lowest BCUT2D eigenvalue weighted by Crippen LogP contribution is -2.46. The van der Waals surface area contributed by atoms with E-state index in [1.807, 2.05) is 0 Å². The van der Waals surface area contributed by atoms with Crippen molar-refractivity contribution in [3.8, 4) is 17.6 Å². The summed E-state index contributed by atoms with van der Waals surface area (Å²) in [6, 6.07) is 3.95. The number of aliphatic carboxylic acids is 1. The van der Waals surface area contributed by atoms with E-state index in [9.17, 15) is 18.0 Å². The molecule has 136 valence electrons. The van der Waals surface area contributed by atoms with E-state index in [2.05, 4.69) is 16.6 Å². The van der Waals surface area contributed by atoms with Crippen LogP contribution in [0.15, 0.2) is 29.2 Å². The number of ether oxygens (including phenoxy) is 1. The number of hydroxylamine groups is 1. The minimum Gasteiger partial charge on any atom is -0.481 e. The minimum absolute atomic E-state index is 0.146. The van der Waals surface area contributed by atoms with Gasteiger partial charge in [-0.1, -0.05) is 5.92 Å². The Morgan fingerprint density at radius 3 is 2.44 bits per heavy atom. The number of nitrogens with one attached hydrogen (secondary N) is 2. The molecule has 0 radical (unpaired) electrons. The SMILES string of the molecule is CC#CCOc1ccc(S(=O)(=O)N[C@H](CCC(=O)O)C(=O)NO)cc1. The summed E-state index contributed by atoms with van der Waals surface area (Å²) in [5.41, 5.74) is 1.31. The van der Waals surface area contributed by atoms with Gasteiger partial charge in [0.05, 0.1) is 4.90 Å². The molecule has 0 saturated carbocycles. The highest BCUT2D eigenvalue weighted by molar-refractivity contribution is 7.89. The Balaban J connectivity index is 2.87. The van der Waals surface area contributed by atoms with Gasteiger partial charge in [-0.15, -0.1) is 5.92 Å². The maximum atomic E-state index is 12.3. The fourth-order valence-electron chi connectivity index (χ4n) is 1.75. The van der Waals surface area contributed by atoms with Gasteiger partial charge in [0.15, 0.2) is 0 Å². The molecule has 1 atom stereocenters. The molecule has 0 aliphatic heterocycles. The van der Waals surface area contributed by atoms with Gasteiger partial charge in [-0.05, 0) is 37.6 Å². The van der Waals surface area contributed by atoms with Gasteiger partial charge < -0.3 is 9.84 Å². The lowest BCUT2D eigenvalue weighted by Gasteiger charge is -2.16. The number of carboxylic acid groups (broad SMARTS) is 1. The van der Waals surface area contributed by atoms with Crippen LogP contribution in [0.2, 0.25) is 0 Å². The van der Waals surface area contributed by atoms with Crippen molar-refractivity contribution in [3.05, 3.63) is 24.3 Å². The summed E-state index contributed by atoms with van der Waals surface area (Å²) in [5, 5.41) is 17.3. The number of carboxylic acids is 1. The van der Waals surface area contributed by atoms with Gasteiger partial charge in [-0.2, -0.15) is 4.72 Å². The molecule has 1 rings (SSSR count). The Labute approximate surface area is 145 Å². The summed E-state index contributed by atoms with van der Waals surface area (Å²) in [7, 11) is -4.10. The average molecular weight is 370 g/mol. The van der Waals surface area contributed by atoms with Crippen LogP contribution >= 0.6 is 0 Å². The van der Waals surface area contributed by atoms with Gasteiger partial charge in [-0.25, -0.2) is 13.9 Å². The summed E-state index contributed by atoms with van der Waals surface area (Å²) in [5.74, 6) is 3.50. The quantitative estimate of drug-likeness (QED) is 0.274. The van der Waals surface area contributed by atoms with E-state index >= 15 is 0 Å². The molecule has 0 saturated heterocycles. The molecule has 25 heavy (non-hydrogen) atoms. The van der Waals surface area contributed by atoms with Crippen LogP contribution in [-0.2, 0) is 19.6 Å². The number of rotatable bonds is 9. The maximum absolute atomic E-state index is 12.3. The summed E-state index contributed by atoms with van der Waals surface area (Å²) in [6.07, 6.45) is -0.774. The normalized spacial score (nSPS) is 11.8. The highest BCUT2D eigenvalue weighted by atomic mass is 32.2. The van der Waals surface area contributed by atoms with E-state index in [-0.39, 0.29) is 17.9 Å². The molecule has 0 spiro atoms. The molecule has 1 aromatic carbocycles. The van der Waals surface area contributed by atoms with Crippen molar-refractivity contribution in [2.75, 3.05) is 6.61 Å². The van der Waals surface area contributed by atoms with E-state index < -0.39 is 34.4 Å². The summed E-state index contributed by atoms with van der Waals surface area (Å²) >= 11 is 0. The number of hydrogen-bond donors (Lipinski definition) is 4. The second kappa shape index (κ2) is 9.63. The summed E-state index contributed by atoms with van der Waals surface area (Å²) in [4.78, 5) is 22.0. The number of carbonyl (C=O) groups excluding carboxylic acids is 1. The number of benzene rings is 1. The van der Waals surface area contributed by atoms with Crippen molar-refractivity contribution in [1.82, 2.24) is 10.2 Å². The van der Waals surface area contributed by atoms with Crippen LogP contribution < -0.4 is 14.9 Å². The van der Waals surface area contributed by atoms with Gasteiger partial charge >= 0.3 is 5.97 Å². The van der Waals surface area contributed by atoms with Crippen molar-refractivity contribution in [2.45, 2.75) is 30.7 Å². The fourth-order valence-corrected chi connectivity index (χ4v) is 2.98. The van der Waals surface area contributed by atoms with Gasteiger partial charge in [0.1, 0.15) is 18.4 Å². The molecule has 0 aliphatic rings. The van der Waals surface area contributed by atoms with Crippen LogP contribution in [-0.4, -0.2) is 43.3 Å². The van der Waals surface area contributed by atoms with E-state index in [0.29, 0.717) is 5.75 Å². The van der Waals surface area contributed by atoms with Crippen molar-refractivity contribution in [1.29, 1.82) is 0 Å². The molecule has 1 aromatic rings. The predicted octanol–water partition coefficient (Wildman–Crippen LogP) is 0.106. The van der Waals surface area contributed by atoms with Crippen LogP contribution in [0.25, 0.3) is 0 Å². The van der Waals surface area contributed by atoms with Crippen molar-refractivity contribution >= 4 is 21.9 Å². The minimum atomic E-state index is -4.10. The summed E-state index contributed by atoms with van der Waals surface area (Å²) in [6.45, 7) is 1.82. The first-order valence-corrected chi connectivity index (χ1v) is 8.59. The lowest BCUT2D eigenvalue weighted by atomic mass is 10.1. The third kappa shape index (κ3) is 6.80. The molecule has 0 heterocycles. The highest BCUT2D eigenvalue weighted by Crippen LogP contribution is 2.16. The van der Waals surface area contributed by atoms with Gasteiger partial charge in [0.2, 0.25) is 10.0 Å². The zero-order chi connectivity index (χ0) is 18.9. The van der Waals surface area contributed by atoms with Gasteiger partial charge in [0.25, 0.3) is 5.91 Å². The van der Waals surface area contributed by atoms with Crippen LogP contribution in [0.4, 0.5) is 0 Å². The smallest absolute Gasteiger partial charge is 0.303 e. The lowest BCUT2D eigenvalue weighted by molar-refractivity contribution is -0.137. The molecular weight excluding hydrogens is 352 g/mol. The average Bonchev–Trinajstić information content (AvgIpc) is 2.58. The second-order valence-electron chi connectivity index (χ2n) is 4.77. The molecule has 9 nitrogen and oxygen atoms in total. The molecule has 0 unspecified atom stereocenters. The number of hydrogen-bond acceptors (Lipinski definition) is 6. The van der Waals surface area contributed by atoms with E-state index in [1.165, 1.54) is 29.7 Å². The standard InChI is InChI=1S/C15H18N2O7S/c1-2-3-10-24-11-4-6-12(7-5-11)25(22,23)17-13(15(20)16-21)8-9-14(18)19/h4-7,13,17,21H,8-10H2,1H3,(H,16,20)(H,18,19)/t13-/m1/s1. The second-order valence-corrected chi connectivity index (χ2v) is 6.48. The molecule has 1 amide bonds. The van der Waals surface area contributed by atoms with E-state index in [4.69, 9.17) is 15.1 Å². The van der Waals surface area contributed by atoms with E-state index in [1.54, 1.807) is 6.92 Å². The number of amides is 1. The van der Waals surface area contributed by atoms with Crippen molar-refractivity contribution in [2.24, 2.45) is 0 Å². The molecule has 10 heteroatoms. The molecule has 0 fully saturated rings. The Hall–Kier alpha value is -2.61. The van der Waals surface area contributed by atoms with Crippen LogP contribution in [0.1, 0.15) is 19.8 Å². The Morgan fingerprint density at radius 1 is 1.28 bits per heavy atom. The first-order chi connectivity index (χ1) is 11.8. The molecular formula is C15H18N2O7S. The third-order valence-corrected chi connectivity index (χ3v) is 4.48. The highest BCUT2D eigenvalue weighted by Gasteiger charge is 2.26. The molecule has 0 aliphatic carbocycles. The van der Waals surface area contributed by atoms with Crippen LogP contribution in [0.3, 0.4) is 0 Å². The van der Waals surface area contributed by atoms with Gasteiger partial charge in [-0.3, -0.25) is 14.8 Å². The zero-order valence-electron chi connectivity index (χ0n) is 13.4. The predicted molar refractivity (Wildman–Crippen MR) is 86.3 cm³/mol. The molecule has 4 N–H and O–H groups in total. The molecule has 0 aromatic heterocycles. The Bertz CT molecular complexity index is 763. The topological polar surface area (TPSA) is 142 Å². The van der Waals surface area contributed by atoms with Crippen molar-refractivity contribution < 1.29 is 33.1 Å². The monoisotopic (exact) mass is 370 g/mol. The fraction of sp³-hybridized carbons (Fsp3) is 0.333. The van der Waals surface area contributed by atoms with Crippen LogP contribution in [0, 0.1) is 11.8 Å². The summed E-state index contributed by atoms with van der Waals surface area (Å²) < 4.78 is 31.9. The molecule has 0 bridgehead atoms. The Morgan fingerprint density at radius 2 is 1.92 bits per heavy atom.